The van der Waals surface area contributed by atoms with Gasteiger partial charge >= 0.3 is 0 Å². The maximum Gasteiger partial charge on any atom is 0.220 e. The second kappa shape index (κ2) is 49.8. The molecule has 0 aromatic carbocycles. The van der Waals surface area contributed by atoms with Gasteiger partial charge in [-0.25, -0.2) is 0 Å². The summed E-state index contributed by atoms with van der Waals surface area (Å²) >= 11 is 0. The summed E-state index contributed by atoms with van der Waals surface area (Å²) in [7, 11) is 0. The second-order valence-corrected chi connectivity index (χ2v) is 21.5. The molecule has 1 heterocycles. The first-order valence-electron chi connectivity index (χ1n) is 30.2. The highest BCUT2D eigenvalue weighted by Crippen LogP contribution is 2.23. The molecule has 9 heteroatoms. The maximum absolute atomic E-state index is 13.0. The molecule has 0 bridgehead atoms. The van der Waals surface area contributed by atoms with Crippen molar-refractivity contribution in [2.45, 2.75) is 358 Å². The summed E-state index contributed by atoms with van der Waals surface area (Å²) in [6.07, 6.45) is 53.3. The summed E-state index contributed by atoms with van der Waals surface area (Å²) in [6.45, 7) is 3.85. The van der Waals surface area contributed by atoms with Gasteiger partial charge in [0.05, 0.1) is 25.4 Å². The van der Waals surface area contributed by atoms with Gasteiger partial charge in [0.2, 0.25) is 5.91 Å². The number of hydrogen-bond donors (Lipinski definition) is 6. The van der Waals surface area contributed by atoms with Gasteiger partial charge in [0, 0.05) is 6.42 Å². The Morgan fingerprint density at radius 2 is 0.735 bits per heavy atom. The Morgan fingerprint density at radius 1 is 0.441 bits per heavy atom. The van der Waals surface area contributed by atoms with Crippen LogP contribution in [0.25, 0.3) is 0 Å². The minimum atomic E-state index is -1.55. The zero-order valence-electron chi connectivity index (χ0n) is 45.2. The van der Waals surface area contributed by atoms with Gasteiger partial charge < -0.3 is 40.3 Å². The van der Waals surface area contributed by atoms with Crippen molar-refractivity contribution in [1.29, 1.82) is 0 Å². The molecule has 9 nitrogen and oxygen atoms in total. The molecule has 1 aliphatic rings. The molecule has 0 saturated carbocycles. The van der Waals surface area contributed by atoms with Crippen LogP contribution in [0.2, 0.25) is 0 Å². The molecule has 0 aromatic heterocycles. The third kappa shape index (κ3) is 38.8. The molecule has 1 fully saturated rings. The van der Waals surface area contributed by atoms with Crippen molar-refractivity contribution in [3.63, 3.8) is 0 Å². The zero-order valence-corrected chi connectivity index (χ0v) is 45.2. The average molecular weight is 969 g/mol. The van der Waals surface area contributed by atoms with Gasteiger partial charge in [-0.2, -0.15) is 0 Å². The number of amides is 1. The molecule has 1 saturated heterocycles. The van der Waals surface area contributed by atoms with E-state index in [1.165, 1.54) is 250 Å². The van der Waals surface area contributed by atoms with E-state index in [1.54, 1.807) is 0 Å². The van der Waals surface area contributed by atoms with Gasteiger partial charge in [-0.15, -0.1) is 0 Å². The molecule has 2 unspecified atom stereocenters. The highest BCUT2D eigenvalue weighted by Gasteiger charge is 2.44. The van der Waals surface area contributed by atoms with Crippen LogP contribution in [0.3, 0.4) is 0 Å². The molecule has 1 rings (SSSR count). The summed E-state index contributed by atoms with van der Waals surface area (Å²) in [5.41, 5.74) is 0. The molecule has 0 aliphatic carbocycles. The van der Waals surface area contributed by atoms with E-state index in [4.69, 9.17) is 9.47 Å². The van der Waals surface area contributed by atoms with Crippen LogP contribution in [0.5, 0.6) is 0 Å². The molecule has 1 amide bonds. The third-order valence-electron chi connectivity index (χ3n) is 15.0. The molecule has 406 valence electrons. The number of nitrogens with one attached hydrogen (secondary N) is 1. The Bertz CT molecular complexity index is 1030. The first kappa shape index (κ1) is 65.2. The predicted molar refractivity (Wildman–Crippen MR) is 286 cm³/mol. The Morgan fingerprint density at radius 3 is 1.04 bits per heavy atom. The van der Waals surface area contributed by atoms with Gasteiger partial charge in [-0.3, -0.25) is 4.79 Å². The van der Waals surface area contributed by atoms with E-state index in [9.17, 15) is 30.3 Å². The highest BCUT2D eigenvalue weighted by atomic mass is 16.7. The summed E-state index contributed by atoms with van der Waals surface area (Å²) in [6, 6.07) is -0.712. The first-order valence-corrected chi connectivity index (χ1v) is 30.2. The van der Waals surface area contributed by atoms with Crippen molar-refractivity contribution in [2.75, 3.05) is 13.2 Å². The van der Waals surface area contributed by atoms with Crippen molar-refractivity contribution in [1.82, 2.24) is 5.32 Å². The third-order valence-corrected chi connectivity index (χ3v) is 15.0. The van der Waals surface area contributed by atoms with Crippen LogP contribution in [-0.4, -0.2) is 87.5 Å². The topological polar surface area (TPSA) is 149 Å². The number of rotatable bonds is 53. The molecule has 7 atom stereocenters. The summed E-state index contributed by atoms with van der Waals surface area (Å²) in [5, 5.41) is 54.4. The van der Waals surface area contributed by atoms with Crippen LogP contribution in [0.1, 0.15) is 316 Å². The Labute approximate surface area is 421 Å². The molecular formula is C59H117NO8. The number of ether oxygens (including phenoxy) is 2. The molecule has 0 aromatic rings. The smallest absolute Gasteiger partial charge is 0.220 e. The van der Waals surface area contributed by atoms with Crippen LogP contribution in [0, 0.1) is 0 Å². The Balaban J connectivity index is 2.00. The number of hydrogen-bond acceptors (Lipinski definition) is 8. The molecule has 68 heavy (non-hydrogen) atoms. The van der Waals surface area contributed by atoms with Crippen LogP contribution >= 0.6 is 0 Å². The van der Waals surface area contributed by atoms with Crippen molar-refractivity contribution in [2.24, 2.45) is 0 Å². The normalized spacial score (nSPS) is 19.4. The van der Waals surface area contributed by atoms with E-state index in [0.29, 0.717) is 12.8 Å². The maximum atomic E-state index is 13.0. The fourth-order valence-electron chi connectivity index (χ4n) is 10.2. The lowest BCUT2D eigenvalue weighted by atomic mass is 9.99. The van der Waals surface area contributed by atoms with Crippen molar-refractivity contribution in [3.05, 3.63) is 0 Å². The van der Waals surface area contributed by atoms with E-state index >= 15 is 0 Å². The SMILES string of the molecule is CCCCCCCCCCCCCCCCCCCCCCCCCCCCCCCCCCCCCC(=O)N[C@@H](CO[C@@H]1O[C@H](CO)[C@H](O)C(O)C1O)[C@H](O)CCCCCCCCCCCC. The van der Waals surface area contributed by atoms with Gasteiger partial charge in [0.1, 0.15) is 24.4 Å². The van der Waals surface area contributed by atoms with Crippen LogP contribution < -0.4 is 5.32 Å². The fraction of sp³-hybridized carbons (Fsp3) is 0.983. The molecule has 0 radical (unpaired) electrons. The van der Waals surface area contributed by atoms with E-state index in [1.807, 2.05) is 0 Å². The summed E-state index contributed by atoms with van der Waals surface area (Å²) in [4.78, 5) is 13.0. The number of carbonyl (C=O) groups is 1. The van der Waals surface area contributed by atoms with Crippen molar-refractivity contribution < 1.29 is 39.8 Å². The van der Waals surface area contributed by atoms with Crippen LogP contribution in [0.4, 0.5) is 0 Å². The van der Waals surface area contributed by atoms with E-state index < -0.39 is 49.5 Å². The van der Waals surface area contributed by atoms with Gasteiger partial charge in [-0.05, 0) is 12.8 Å². The quantitative estimate of drug-likeness (QED) is 0.0330. The van der Waals surface area contributed by atoms with Gasteiger partial charge in [-0.1, -0.05) is 296 Å². The standard InChI is InChI=1S/C59H117NO8/c1-3-5-7-9-11-13-15-16-17-18-19-20-21-22-23-24-25-26-27-28-29-30-31-32-33-34-35-36-37-38-39-41-43-45-47-49-55(63)60-52(51-67-59-58(66)57(65)56(64)54(50-61)68-59)53(62)48-46-44-42-40-14-12-10-8-6-4-2/h52-54,56-59,61-62,64-66H,3-51H2,1-2H3,(H,60,63)/t52-,53+,54+,56-,57?,58?,59+/m0/s1. The molecule has 6 N–H and O–H groups in total. The lowest BCUT2D eigenvalue weighted by molar-refractivity contribution is -0.302. The number of aliphatic hydroxyl groups excluding tert-OH is 5. The molecule has 1 aliphatic heterocycles. The van der Waals surface area contributed by atoms with Gasteiger partial charge in [0.15, 0.2) is 6.29 Å². The molecular weight excluding hydrogens is 851 g/mol. The van der Waals surface area contributed by atoms with Crippen molar-refractivity contribution in [3.8, 4) is 0 Å². The predicted octanol–water partition coefficient (Wildman–Crippen LogP) is 15.0. The number of aliphatic hydroxyl groups is 5. The number of carbonyl (C=O) groups excluding carboxylic acids is 1. The lowest BCUT2D eigenvalue weighted by Gasteiger charge is -2.40. The van der Waals surface area contributed by atoms with E-state index in [2.05, 4.69) is 19.2 Å². The zero-order chi connectivity index (χ0) is 49.4. The molecule has 0 spiro atoms. The van der Waals surface area contributed by atoms with Crippen LogP contribution in [0.15, 0.2) is 0 Å². The van der Waals surface area contributed by atoms with Gasteiger partial charge in [0.25, 0.3) is 0 Å². The van der Waals surface area contributed by atoms with E-state index in [-0.39, 0.29) is 12.5 Å². The Hall–Kier alpha value is -0.810. The summed E-state index contributed by atoms with van der Waals surface area (Å²) < 4.78 is 11.3. The monoisotopic (exact) mass is 968 g/mol. The largest absolute Gasteiger partial charge is 0.394 e. The van der Waals surface area contributed by atoms with Crippen molar-refractivity contribution >= 4 is 5.91 Å². The van der Waals surface area contributed by atoms with Crippen LogP contribution in [-0.2, 0) is 14.3 Å². The second-order valence-electron chi connectivity index (χ2n) is 21.5. The average Bonchev–Trinajstić information content (AvgIpc) is 3.34. The Kier molecular flexibility index (Phi) is 47.7. The minimum absolute atomic E-state index is 0.132. The number of unbranched alkanes of at least 4 members (excludes halogenated alkanes) is 43. The first-order chi connectivity index (χ1) is 33.3. The fourth-order valence-corrected chi connectivity index (χ4v) is 10.2. The van der Waals surface area contributed by atoms with E-state index in [0.717, 1.165) is 38.5 Å². The highest BCUT2D eigenvalue weighted by molar-refractivity contribution is 5.76. The lowest BCUT2D eigenvalue weighted by Crippen LogP contribution is -2.60. The minimum Gasteiger partial charge on any atom is -0.394 e. The summed E-state index contributed by atoms with van der Waals surface area (Å²) in [5.74, 6) is -0.138.